The van der Waals surface area contributed by atoms with Crippen molar-refractivity contribution in [2.75, 3.05) is 11.4 Å². The van der Waals surface area contributed by atoms with E-state index in [1.165, 1.54) is 0 Å². The number of fused-ring (bicyclic) bond motifs is 1. The van der Waals surface area contributed by atoms with Gasteiger partial charge < -0.3 is 9.32 Å². The van der Waals surface area contributed by atoms with Crippen molar-refractivity contribution in [3.05, 3.63) is 65.4 Å². The fourth-order valence-electron chi connectivity index (χ4n) is 2.99. The largest absolute Gasteiger partial charge is 0.440 e. The number of hydrogen-bond acceptors (Lipinski definition) is 4. The maximum absolute atomic E-state index is 6.16. The number of rotatable bonds is 6. The van der Waals surface area contributed by atoms with Crippen LogP contribution in [0.5, 0.6) is 0 Å². The maximum atomic E-state index is 6.16. The predicted octanol–water partition coefficient (Wildman–Crippen LogP) is 6.95. The molecule has 1 aromatic heterocycles. The van der Waals surface area contributed by atoms with Gasteiger partial charge in [0.25, 0.3) is 0 Å². The molecule has 0 aliphatic carbocycles. The van der Waals surface area contributed by atoms with Gasteiger partial charge in [0.1, 0.15) is 17.2 Å². The lowest BCUT2D eigenvalue weighted by Gasteiger charge is -2.22. The van der Waals surface area contributed by atoms with Gasteiger partial charge in [-0.3, -0.25) is 4.99 Å². The van der Waals surface area contributed by atoms with Crippen molar-refractivity contribution in [2.24, 2.45) is 10.9 Å². The second-order valence-corrected chi connectivity index (χ2v) is 7.28. The first-order chi connectivity index (χ1) is 14.1. The van der Waals surface area contributed by atoms with Crippen molar-refractivity contribution in [1.82, 2.24) is 4.98 Å². The van der Waals surface area contributed by atoms with Crippen molar-refractivity contribution in [2.45, 2.75) is 53.5 Å². The second kappa shape index (κ2) is 11.6. The molecule has 0 fully saturated rings. The zero-order chi connectivity index (χ0) is 21.2. The van der Waals surface area contributed by atoms with Gasteiger partial charge in [-0.2, -0.15) is 0 Å². The van der Waals surface area contributed by atoms with Crippen LogP contribution in [-0.2, 0) is 13.0 Å². The molecule has 4 nitrogen and oxygen atoms in total. The number of aryl methyl sites for hydroxylation is 1. The first-order valence-electron chi connectivity index (χ1n) is 10.5. The van der Waals surface area contributed by atoms with Gasteiger partial charge in [0, 0.05) is 29.9 Å². The second-order valence-electron chi connectivity index (χ2n) is 6.85. The van der Waals surface area contributed by atoms with E-state index in [0.717, 1.165) is 48.0 Å². The summed E-state index contributed by atoms with van der Waals surface area (Å²) >= 11 is 6.16. The van der Waals surface area contributed by atoms with E-state index in [1.807, 2.05) is 44.3 Å². The normalized spacial score (nSPS) is 15.3. The van der Waals surface area contributed by atoms with E-state index < -0.39 is 0 Å². The number of benzene rings is 1. The summed E-state index contributed by atoms with van der Waals surface area (Å²) in [5.41, 5.74) is 2.79. The quantitative estimate of drug-likeness (QED) is 0.380. The smallest absolute Gasteiger partial charge is 0.245 e. The Kier molecular flexibility index (Phi) is 9.20. The summed E-state index contributed by atoms with van der Waals surface area (Å²) < 4.78 is 6.08. The topological polar surface area (TPSA) is 41.6 Å². The molecular weight excluding hydrogens is 382 g/mol. The van der Waals surface area contributed by atoms with Gasteiger partial charge in [0.15, 0.2) is 0 Å². The molecule has 0 spiro atoms. The van der Waals surface area contributed by atoms with E-state index in [0.29, 0.717) is 24.1 Å². The first-order valence-corrected chi connectivity index (χ1v) is 10.8. The average molecular weight is 414 g/mol. The van der Waals surface area contributed by atoms with Gasteiger partial charge in [-0.25, -0.2) is 4.98 Å². The van der Waals surface area contributed by atoms with Gasteiger partial charge in [0.2, 0.25) is 5.89 Å². The Labute approximate surface area is 180 Å². The third-order valence-electron chi connectivity index (χ3n) is 4.73. The van der Waals surface area contributed by atoms with Crippen molar-refractivity contribution in [3.63, 3.8) is 0 Å². The fourth-order valence-corrected chi connectivity index (χ4v) is 3.17. The molecule has 0 N–H and O–H groups in total. The van der Waals surface area contributed by atoms with Crippen LogP contribution in [0, 0.1) is 5.92 Å². The molecule has 2 aromatic rings. The number of nitrogens with zero attached hydrogens (tertiary/aromatic N) is 3. The SMILES string of the molecule is C=C/C=C(\N=CC(C)CC)c1nc2c(o1)CCCN(c1cccc(Cl)c1)C2.CC. The first kappa shape index (κ1) is 23.0. The third kappa shape index (κ3) is 6.33. The Hall–Kier alpha value is -2.33. The lowest BCUT2D eigenvalue weighted by molar-refractivity contribution is 0.486. The van der Waals surface area contributed by atoms with E-state index >= 15 is 0 Å². The summed E-state index contributed by atoms with van der Waals surface area (Å²) in [5.74, 6) is 1.92. The Morgan fingerprint density at radius 3 is 2.90 bits per heavy atom. The van der Waals surface area contributed by atoms with Gasteiger partial charge in [-0.1, -0.05) is 58.0 Å². The molecule has 2 heterocycles. The highest BCUT2D eigenvalue weighted by atomic mass is 35.5. The van der Waals surface area contributed by atoms with Crippen LogP contribution in [0.25, 0.3) is 5.70 Å². The van der Waals surface area contributed by atoms with E-state index in [1.54, 1.807) is 6.08 Å². The van der Waals surface area contributed by atoms with Crippen molar-refractivity contribution in [1.29, 1.82) is 0 Å². The van der Waals surface area contributed by atoms with Crippen molar-refractivity contribution in [3.8, 4) is 0 Å². The molecule has 156 valence electrons. The average Bonchev–Trinajstić information content (AvgIpc) is 3.03. The highest BCUT2D eigenvalue weighted by Gasteiger charge is 2.22. The number of aromatic nitrogens is 1. The summed E-state index contributed by atoms with van der Waals surface area (Å²) in [7, 11) is 0. The fraction of sp³-hybridized carbons (Fsp3) is 0.417. The highest BCUT2D eigenvalue weighted by molar-refractivity contribution is 6.30. The van der Waals surface area contributed by atoms with Crippen molar-refractivity contribution >= 4 is 29.2 Å². The molecule has 0 saturated carbocycles. The number of anilines is 1. The third-order valence-corrected chi connectivity index (χ3v) is 4.97. The minimum absolute atomic E-state index is 0.407. The Morgan fingerprint density at radius 2 is 2.21 bits per heavy atom. The number of hydrogen-bond donors (Lipinski definition) is 0. The zero-order valence-electron chi connectivity index (χ0n) is 18.0. The molecule has 29 heavy (non-hydrogen) atoms. The molecule has 5 heteroatoms. The van der Waals surface area contributed by atoms with Gasteiger partial charge >= 0.3 is 0 Å². The van der Waals surface area contributed by atoms with Crippen LogP contribution >= 0.6 is 11.6 Å². The van der Waals surface area contributed by atoms with Crippen LogP contribution in [0.15, 0.2) is 52.4 Å². The molecule has 1 unspecified atom stereocenters. The number of oxazole rings is 1. The highest BCUT2D eigenvalue weighted by Crippen LogP contribution is 2.28. The molecule has 1 aromatic carbocycles. The standard InChI is InChI=1S/C22H26ClN3O.C2H6/c1-4-8-19(24-14-16(3)5-2)22-25-20-15-26(12-7-11-21(20)27-22)18-10-6-9-17(23)13-18;1-2/h4,6,8-10,13-14,16H,1,5,7,11-12,15H2,2-3H3;1-2H3/b19-8-,24-14?;. The minimum atomic E-state index is 0.407. The van der Waals surface area contributed by atoms with Crippen molar-refractivity contribution < 1.29 is 4.42 Å². The molecule has 3 rings (SSSR count). The zero-order valence-corrected chi connectivity index (χ0v) is 18.7. The minimum Gasteiger partial charge on any atom is -0.440 e. The van der Waals surface area contributed by atoms with Crippen LogP contribution in [0.2, 0.25) is 5.02 Å². The summed E-state index contributed by atoms with van der Waals surface area (Å²) in [5, 5.41) is 0.744. The van der Waals surface area contributed by atoms with Crippen LogP contribution in [-0.4, -0.2) is 17.7 Å². The summed E-state index contributed by atoms with van der Waals surface area (Å²) in [6.07, 6.45) is 8.43. The summed E-state index contributed by atoms with van der Waals surface area (Å²) in [6, 6.07) is 7.95. The van der Waals surface area contributed by atoms with E-state index in [2.05, 4.69) is 36.4 Å². The van der Waals surface area contributed by atoms with E-state index in [4.69, 9.17) is 21.0 Å². The molecule has 0 saturated heterocycles. The van der Waals surface area contributed by atoms with Gasteiger partial charge in [-0.15, -0.1) is 0 Å². The summed E-state index contributed by atoms with van der Waals surface area (Å²) in [6.45, 7) is 13.7. The number of aliphatic imine (C=N–C) groups is 1. The van der Waals surface area contributed by atoms with E-state index in [-0.39, 0.29) is 0 Å². The van der Waals surface area contributed by atoms with Crippen LogP contribution in [0.3, 0.4) is 0 Å². The number of halogens is 1. The van der Waals surface area contributed by atoms with Crippen LogP contribution in [0.4, 0.5) is 5.69 Å². The van der Waals surface area contributed by atoms with Gasteiger partial charge in [-0.05, 0) is 43.0 Å². The number of allylic oxidation sites excluding steroid dienone is 2. The molecule has 1 atom stereocenters. The monoisotopic (exact) mass is 413 g/mol. The lowest BCUT2D eigenvalue weighted by atomic mass is 10.1. The molecular formula is C24H32ClN3O. The molecule has 0 bridgehead atoms. The lowest BCUT2D eigenvalue weighted by Crippen LogP contribution is -2.22. The predicted molar refractivity (Wildman–Crippen MR) is 125 cm³/mol. The Morgan fingerprint density at radius 1 is 1.41 bits per heavy atom. The van der Waals surface area contributed by atoms with Crippen LogP contribution < -0.4 is 4.90 Å². The Bertz CT molecular complexity index is 854. The maximum Gasteiger partial charge on any atom is 0.245 e. The molecule has 0 amide bonds. The molecule has 1 aliphatic rings. The van der Waals surface area contributed by atoms with Gasteiger partial charge in [0.05, 0.1) is 6.54 Å². The van der Waals surface area contributed by atoms with E-state index in [9.17, 15) is 0 Å². The summed E-state index contributed by atoms with van der Waals surface area (Å²) in [4.78, 5) is 11.6. The molecule has 1 aliphatic heterocycles. The molecule has 0 radical (unpaired) electrons. The Balaban J connectivity index is 0.00000145. The van der Waals surface area contributed by atoms with Crippen LogP contribution in [0.1, 0.15) is 57.9 Å².